The average molecular weight is 564 g/mol. The number of aliphatic hydroxyl groups excluding tert-OH is 1. The molecule has 7 rings (SSSR count). The largest absolute Gasteiger partial charge is 0.386 e. The van der Waals surface area contributed by atoms with E-state index in [1.165, 1.54) is 69.4 Å². The van der Waals surface area contributed by atoms with Gasteiger partial charge >= 0.3 is 0 Å². The highest BCUT2D eigenvalue weighted by atomic mass is 16.3. The average Bonchev–Trinajstić information content (AvgIpc) is 3.28. The summed E-state index contributed by atoms with van der Waals surface area (Å²) in [6.45, 7) is 11.3. The Balaban J connectivity index is 0.000000168. The number of H-pyrrole nitrogens is 1. The van der Waals surface area contributed by atoms with Crippen molar-refractivity contribution in [3.8, 4) is 0 Å². The van der Waals surface area contributed by atoms with Crippen molar-refractivity contribution in [2.75, 3.05) is 40.3 Å². The molecule has 2 aromatic carbocycles. The van der Waals surface area contributed by atoms with Crippen molar-refractivity contribution in [1.82, 2.24) is 24.3 Å². The van der Waals surface area contributed by atoms with E-state index in [1.807, 2.05) is 19.1 Å². The Bertz CT molecular complexity index is 1700. The van der Waals surface area contributed by atoms with Gasteiger partial charge in [-0.1, -0.05) is 29.3 Å². The van der Waals surface area contributed by atoms with Crippen LogP contribution in [0.4, 0.5) is 0 Å². The molecule has 5 heterocycles. The van der Waals surface area contributed by atoms with Gasteiger partial charge in [0.05, 0.1) is 12.6 Å². The number of hydrogen-bond acceptors (Lipinski definition) is 4. The molecular formula is C36H45N5O. The minimum atomic E-state index is -0.551. The summed E-state index contributed by atoms with van der Waals surface area (Å²) < 4.78 is 2.34. The first kappa shape index (κ1) is 28.7. The van der Waals surface area contributed by atoms with E-state index in [4.69, 9.17) is 0 Å². The summed E-state index contributed by atoms with van der Waals surface area (Å²) in [6.07, 6.45) is 5.67. The number of benzene rings is 2. The van der Waals surface area contributed by atoms with Crippen LogP contribution in [0.3, 0.4) is 0 Å². The van der Waals surface area contributed by atoms with Gasteiger partial charge < -0.3 is 24.5 Å². The van der Waals surface area contributed by atoms with Gasteiger partial charge in [-0.15, -0.1) is 0 Å². The predicted octanol–water partition coefficient (Wildman–Crippen LogP) is 5.92. The predicted molar refractivity (Wildman–Crippen MR) is 173 cm³/mol. The van der Waals surface area contributed by atoms with Crippen molar-refractivity contribution in [3.63, 3.8) is 0 Å². The Kier molecular flexibility index (Phi) is 8.22. The Morgan fingerprint density at radius 1 is 0.786 bits per heavy atom. The van der Waals surface area contributed by atoms with E-state index in [0.717, 1.165) is 43.6 Å². The summed E-state index contributed by atoms with van der Waals surface area (Å²) >= 11 is 0. The molecule has 0 fully saturated rings. The summed E-state index contributed by atoms with van der Waals surface area (Å²) in [6, 6.07) is 17.3. The highest BCUT2D eigenvalue weighted by Gasteiger charge is 2.22. The monoisotopic (exact) mass is 563 g/mol. The number of hydrogen-bond donors (Lipinski definition) is 2. The lowest BCUT2D eigenvalue weighted by Crippen LogP contribution is -2.21. The normalized spacial score (nSPS) is 16.8. The van der Waals surface area contributed by atoms with E-state index in [2.05, 4.69) is 88.7 Å². The molecule has 5 aromatic rings. The van der Waals surface area contributed by atoms with Crippen molar-refractivity contribution >= 4 is 21.8 Å². The summed E-state index contributed by atoms with van der Waals surface area (Å²) in [5.41, 5.74) is 12.9. The fourth-order valence-corrected chi connectivity index (χ4v) is 6.66. The van der Waals surface area contributed by atoms with Crippen LogP contribution < -0.4 is 0 Å². The van der Waals surface area contributed by atoms with E-state index in [9.17, 15) is 5.11 Å². The molecule has 0 bridgehead atoms. The van der Waals surface area contributed by atoms with Crippen LogP contribution in [0.2, 0.25) is 0 Å². The number of nitrogens with one attached hydrogen (secondary N) is 1. The van der Waals surface area contributed by atoms with Crippen molar-refractivity contribution in [3.05, 3.63) is 99.6 Å². The molecule has 1 atom stereocenters. The van der Waals surface area contributed by atoms with Crippen LogP contribution >= 0.6 is 0 Å². The molecule has 0 saturated carbocycles. The number of fused-ring (bicyclic) bond motifs is 6. The van der Waals surface area contributed by atoms with E-state index in [-0.39, 0.29) is 0 Å². The number of aromatic amines is 1. The second-order valence-electron chi connectivity index (χ2n) is 12.5. The fourth-order valence-electron chi connectivity index (χ4n) is 6.66. The maximum absolute atomic E-state index is 10.8. The quantitative estimate of drug-likeness (QED) is 0.286. The van der Waals surface area contributed by atoms with Crippen molar-refractivity contribution in [2.24, 2.45) is 0 Å². The first-order chi connectivity index (χ1) is 20.3. The number of pyridine rings is 1. The molecule has 0 saturated heterocycles. The van der Waals surface area contributed by atoms with Crippen molar-refractivity contribution < 1.29 is 5.11 Å². The lowest BCUT2D eigenvalue weighted by molar-refractivity contribution is 0.156. The van der Waals surface area contributed by atoms with Crippen LogP contribution in [0.25, 0.3) is 21.8 Å². The van der Waals surface area contributed by atoms with E-state index in [0.29, 0.717) is 6.54 Å². The lowest BCUT2D eigenvalue weighted by atomic mass is 10.1. The maximum Gasteiger partial charge on any atom is 0.0983 e. The molecule has 220 valence electrons. The zero-order valence-corrected chi connectivity index (χ0v) is 25.9. The summed E-state index contributed by atoms with van der Waals surface area (Å²) in [5, 5.41) is 13.6. The smallest absolute Gasteiger partial charge is 0.0983 e. The topological polar surface area (TPSA) is 60.3 Å². The van der Waals surface area contributed by atoms with Crippen LogP contribution in [0.1, 0.15) is 51.0 Å². The van der Waals surface area contributed by atoms with Crippen molar-refractivity contribution in [2.45, 2.75) is 59.1 Å². The van der Waals surface area contributed by atoms with Crippen LogP contribution in [0.15, 0.2) is 54.7 Å². The summed E-state index contributed by atoms with van der Waals surface area (Å²) in [4.78, 5) is 12.7. The van der Waals surface area contributed by atoms with Gasteiger partial charge in [0.2, 0.25) is 0 Å². The van der Waals surface area contributed by atoms with E-state index < -0.39 is 6.10 Å². The highest BCUT2D eigenvalue weighted by Crippen LogP contribution is 2.32. The maximum atomic E-state index is 10.8. The van der Waals surface area contributed by atoms with Gasteiger partial charge in [-0.05, 0) is 89.2 Å². The molecule has 0 aliphatic carbocycles. The fraction of sp³-hybridized carbons (Fsp3) is 0.417. The Morgan fingerprint density at radius 2 is 1.45 bits per heavy atom. The van der Waals surface area contributed by atoms with Gasteiger partial charge in [0.15, 0.2) is 0 Å². The second-order valence-corrected chi connectivity index (χ2v) is 12.5. The van der Waals surface area contributed by atoms with E-state index in [1.54, 1.807) is 11.8 Å². The van der Waals surface area contributed by atoms with Gasteiger partial charge in [0.1, 0.15) is 0 Å². The summed E-state index contributed by atoms with van der Waals surface area (Å²) in [5.74, 6) is 0. The zero-order valence-electron chi connectivity index (χ0n) is 25.9. The number of aromatic nitrogens is 3. The third kappa shape index (κ3) is 5.89. The van der Waals surface area contributed by atoms with Crippen LogP contribution in [0, 0.1) is 20.8 Å². The molecule has 2 aliphatic heterocycles. The van der Waals surface area contributed by atoms with Gasteiger partial charge in [0.25, 0.3) is 0 Å². The van der Waals surface area contributed by atoms with Crippen LogP contribution in [0.5, 0.6) is 0 Å². The third-order valence-corrected chi connectivity index (χ3v) is 9.23. The first-order valence-corrected chi connectivity index (χ1v) is 15.4. The van der Waals surface area contributed by atoms with Crippen LogP contribution in [-0.2, 0) is 32.2 Å². The van der Waals surface area contributed by atoms with Gasteiger partial charge in [-0.2, -0.15) is 0 Å². The lowest BCUT2D eigenvalue weighted by Gasteiger charge is -2.17. The second kappa shape index (κ2) is 12.0. The highest BCUT2D eigenvalue weighted by molar-refractivity contribution is 5.87. The molecule has 3 aromatic heterocycles. The molecule has 1 unspecified atom stereocenters. The standard InChI is InChI=1S/C22H27N3O.C14H18N2/c1-15-4-7-20-19(12-15)18-8-10-24(3)11-9-21(18)25(20)14-22(26)17-6-5-16(2)23-13-17;1-10-3-4-13-12(9-10)11-5-7-16(2)8-6-14(11)15-13/h4-7,12-13,22,26H,8-11,14H2,1-3H3;3-4,9,15H,5-8H2,1-2H3. The minimum absolute atomic E-state index is 0.551. The number of likely N-dealkylation sites (N-methyl/N-ethyl adjacent to an activating group) is 2. The number of aryl methyl sites for hydroxylation is 3. The molecule has 2 N–H and O–H groups in total. The Morgan fingerprint density at radius 3 is 2.19 bits per heavy atom. The molecule has 6 heteroatoms. The Hall–Kier alpha value is -3.45. The minimum Gasteiger partial charge on any atom is -0.386 e. The van der Waals surface area contributed by atoms with E-state index >= 15 is 0 Å². The molecule has 2 aliphatic rings. The first-order valence-electron chi connectivity index (χ1n) is 15.4. The third-order valence-electron chi connectivity index (χ3n) is 9.23. The Labute approximate surface area is 250 Å². The SMILES string of the molecule is Cc1ccc2[nH]c3c(c2c1)CCN(C)CC3.Cc1ccc2c(c1)c1c(n2CC(O)c2ccc(C)nc2)CCN(C)CC1. The number of aliphatic hydroxyl groups is 1. The molecular weight excluding hydrogens is 518 g/mol. The number of nitrogens with zero attached hydrogens (tertiary/aromatic N) is 4. The molecule has 6 nitrogen and oxygen atoms in total. The molecule has 42 heavy (non-hydrogen) atoms. The van der Waals surface area contributed by atoms with Crippen molar-refractivity contribution in [1.29, 1.82) is 0 Å². The van der Waals surface area contributed by atoms with Crippen LogP contribution in [-0.4, -0.2) is 69.7 Å². The summed E-state index contributed by atoms with van der Waals surface area (Å²) in [7, 11) is 4.40. The zero-order chi connectivity index (χ0) is 29.4. The molecule has 0 amide bonds. The van der Waals surface area contributed by atoms with Gasteiger partial charge in [-0.25, -0.2) is 0 Å². The molecule has 0 spiro atoms. The van der Waals surface area contributed by atoms with Gasteiger partial charge in [-0.3, -0.25) is 4.98 Å². The van der Waals surface area contributed by atoms with Gasteiger partial charge in [0, 0.05) is 89.7 Å². The number of rotatable bonds is 3. The molecule has 0 radical (unpaired) electrons.